The normalized spacial score (nSPS) is 15.8. The Morgan fingerprint density at radius 1 is 1.18 bits per heavy atom. The lowest BCUT2D eigenvalue weighted by atomic mass is 10.2. The molecule has 1 fully saturated rings. The predicted octanol–water partition coefficient (Wildman–Crippen LogP) is 1.12. The molecule has 0 aliphatic carbocycles. The van der Waals surface area contributed by atoms with Crippen molar-refractivity contribution < 1.29 is 27.5 Å². The largest absolute Gasteiger partial charge is 0.477 e. The molecule has 3 heterocycles. The van der Waals surface area contributed by atoms with Crippen molar-refractivity contribution >= 4 is 27.5 Å². The number of nitrogens with one attached hydrogen (secondary N) is 1. The molecule has 2 amide bonds. The van der Waals surface area contributed by atoms with E-state index in [9.17, 15) is 18.0 Å². The summed E-state index contributed by atoms with van der Waals surface area (Å²) < 4.78 is 40.5. The molecule has 0 spiro atoms. The lowest BCUT2D eigenvalue weighted by molar-refractivity contribution is 0.0993. The minimum atomic E-state index is -3.90. The number of anilines is 1. The summed E-state index contributed by atoms with van der Waals surface area (Å²) in [5.74, 6) is -1.55. The lowest BCUT2D eigenvalue weighted by Gasteiger charge is -2.33. The van der Waals surface area contributed by atoms with E-state index in [-0.39, 0.29) is 40.4 Å². The van der Waals surface area contributed by atoms with Crippen molar-refractivity contribution in [3.05, 3.63) is 29.2 Å². The van der Waals surface area contributed by atoms with E-state index in [2.05, 4.69) is 20.3 Å². The van der Waals surface area contributed by atoms with Crippen LogP contribution in [-0.4, -0.2) is 97.2 Å². The summed E-state index contributed by atoms with van der Waals surface area (Å²) in [6.07, 6.45) is 1.62. The number of primary amides is 1. The van der Waals surface area contributed by atoms with Crippen LogP contribution >= 0.6 is 0 Å². The molecule has 3 N–H and O–H groups in total. The van der Waals surface area contributed by atoms with E-state index in [1.54, 1.807) is 18.7 Å². The molecule has 1 aliphatic heterocycles. The van der Waals surface area contributed by atoms with Gasteiger partial charge in [-0.25, -0.2) is 13.4 Å². The number of piperazine rings is 1. The summed E-state index contributed by atoms with van der Waals surface area (Å²) >= 11 is 0. The van der Waals surface area contributed by atoms with Crippen LogP contribution in [0.5, 0.6) is 5.88 Å². The van der Waals surface area contributed by atoms with Crippen LogP contribution in [0.25, 0.3) is 0 Å². The number of aromatic nitrogens is 3. The van der Waals surface area contributed by atoms with Crippen LogP contribution in [-0.2, 0) is 21.2 Å². The highest BCUT2D eigenvalue weighted by Gasteiger charge is 2.31. The minimum Gasteiger partial charge on any atom is -0.477 e. The third kappa shape index (κ3) is 6.14. The summed E-state index contributed by atoms with van der Waals surface area (Å²) in [6, 6.07) is 1.02. The topological polar surface area (TPSA) is 162 Å². The Morgan fingerprint density at radius 3 is 2.42 bits per heavy atom. The van der Waals surface area contributed by atoms with Crippen molar-refractivity contribution in [2.24, 2.45) is 5.73 Å². The van der Waals surface area contributed by atoms with Gasteiger partial charge in [-0.15, -0.1) is 0 Å². The minimum absolute atomic E-state index is 0.0291. The van der Waals surface area contributed by atoms with Gasteiger partial charge in [0.05, 0.1) is 36.8 Å². The zero-order chi connectivity index (χ0) is 28.0. The first-order valence-corrected chi connectivity index (χ1v) is 14.1. The second kappa shape index (κ2) is 12.7. The van der Waals surface area contributed by atoms with Gasteiger partial charge in [-0.2, -0.15) is 9.40 Å². The van der Waals surface area contributed by atoms with Gasteiger partial charge in [-0.3, -0.25) is 14.3 Å². The van der Waals surface area contributed by atoms with Crippen LogP contribution in [0.1, 0.15) is 60.3 Å². The summed E-state index contributed by atoms with van der Waals surface area (Å²) in [5, 5.41) is 7.05. The van der Waals surface area contributed by atoms with E-state index in [0.717, 1.165) is 6.54 Å². The van der Waals surface area contributed by atoms with Gasteiger partial charge in [0.2, 0.25) is 15.9 Å². The third-order valence-corrected chi connectivity index (χ3v) is 8.27. The molecule has 0 radical (unpaired) electrons. The van der Waals surface area contributed by atoms with Gasteiger partial charge in [0.15, 0.2) is 5.69 Å². The number of pyridine rings is 1. The van der Waals surface area contributed by atoms with E-state index < -0.39 is 21.8 Å². The maximum atomic E-state index is 13.5. The first kappa shape index (κ1) is 29.5. The molecule has 13 nitrogen and oxygen atoms in total. The highest BCUT2D eigenvalue weighted by atomic mass is 32.2. The Bertz CT molecular complexity index is 1260. The number of hydrogen-bond donors (Lipinski definition) is 2. The molecule has 1 aliphatic rings. The molecule has 210 valence electrons. The summed E-state index contributed by atoms with van der Waals surface area (Å²) in [7, 11) is -2.35. The Hall–Kier alpha value is -3.07. The first-order chi connectivity index (χ1) is 18.1. The number of nitrogens with zero attached hydrogens (tertiary/aromatic N) is 5. The maximum absolute atomic E-state index is 13.5. The fourth-order valence-corrected chi connectivity index (χ4v) is 5.79. The van der Waals surface area contributed by atoms with Crippen LogP contribution in [0.4, 0.5) is 5.69 Å². The van der Waals surface area contributed by atoms with Crippen LogP contribution in [0, 0.1) is 0 Å². The van der Waals surface area contributed by atoms with E-state index in [0.29, 0.717) is 44.9 Å². The second-order valence-electron chi connectivity index (χ2n) is 8.89. The third-order valence-electron chi connectivity index (χ3n) is 6.41. The highest BCUT2D eigenvalue weighted by Crippen LogP contribution is 2.28. The standard InChI is InChI=1S/C24H37N7O6S/c1-6-19-20(21(22(25)32)28-31(19)16(4)15-36-5)27-23(33)18-13-17(14-26-24(18)37-8-3)38(34,35)30-11-9-29(7-2)10-12-30/h13-14,16H,6-12,15H2,1-5H3,(H2,25,32)(H,27,33)/t16-/m1/s1. The highest BCUT2D eigenvalue weighted by molar-refractivity contribution is 7.89. The molecule has 0 aromatic carbocycles. The molecule has 3 rings (SSSR count). The van der Waals surface area contributed by atoms with Crippen molar-refractivity contribution in [2.75, 3.05) is 58.4 Å². The van der Waals surface area contributed by atoms with Gasteiger partial charge < -0.3 is 25.4 Å². The van der Waals surface area contributed by atoms with Crippen LogP contribution < -0.4 is 15.8 Å². The van der Waals surface area contributed by atoms with E-state index >= 15 is 0 Å². The average molecular weight is 552 g/mol. The Balaban J connectivity index is 2.01. The van der Waals surface area contributed by atoms with Crippen molar-refractivity contribution in [2.45, 2.75) is 45.1 Å². The Kier molecular flexibility index (Phi) is 9.82. The van der Waals surface area contributed by atoms with E-state index in [1.165, 1.54) is 16.6 Å². The van der Waals surface area contributed by atoms with Gasteiger partial charge in [0, 0.05) is 33.3 Å². The molecular weight excluding hydrogens is 514 g/mol. The van der Waals surface area contributed by atoms with Gasteiger partial charge in [0.25, 0.3) is 11.8 Å². The second-order valence-corrected chi connectivity index (χ2v) is 10.8. The SMILES string of the molecule is CCOc1ncc(S(=O)(=O)N2CCN(CC)CC2)cc1C(=O)Nc1c(C(N)=O)nn([C@H](C)COC)c1CC. The molecule has 1 saturated heterocycles. The summed E-state index contributed by atoms with van der Waals surface area (Å²) in [6.45, 7) is 10.8. The molecule has 2 aromatic rings. The summed E-state index contributed by atoms with van der Waals surface area (Å²) in [4.78, 5) is 31.9. The van der Waals surface area contributed by atoms with Gasteiger partial charge in [-0.05, 0) is 32.9 Å². The lowest BCUT2D eigenvalue weighted by Crippen LogP contribution is -2.48. The number of carbonyl (C=O) groups is 2. The fourth-order valence-electron chi connectivity index (χ4n) is 4.39. The molecular formula is C24H37N7O6S. The Labute approximate surface area is 223 Å². The van der Waals surface area contributed by atoms with Crippen molar-refractivity contribution in [3.63, 3.8) is 0 Å². The molecule has 0 unspecified atom stereocenters. The molecule has 2 aromatic heterocycles. The Morgan fingerprint density at radius 2 is 1.87 bits per heavy atom. The number of carbonyl (C=O) groups excluding carboxylic acids is 2. The van der Waals surface area contributed by atoms with Gasteiger partial charge >= 0.3 is 0 Å². The number of methoxy groups -OCH3 is 1. The molecule has 0 bridgehead atoms. The van der Waals surface area contributed by atoms with Gasteiger partial charge in [-0.1, -0.05) is 13.8 Å². The zero-order valence-corrected chi connectivity index (χ0v) is 23.4. The fraction of sp³-hybridized carbons (Fsp3) is 0.583. The number of sulfonamides is 1. The van der Waals surface area contributed by atoms with Crippen molar-refractivity contribution in [3.8, 4) is 5.88 Å². The number of rotatable bonds is 12. The number of likely N-dealkylation sites (N-methyl/N-ethyl adjacent to an activating group) is 1. The van der Waals surface area contributed by atoms with E-state index in [1.807, 2.05) is 20.8 Å². The van der Waals surface area contributed by atoms with Crippen LogP contribution in [0.15, 0.2) is 17.2 Å². The first-order valence-electron chi connectivity index (χ1n) is 12.7. The van der Waals surface area contributed by atoms with Gasteiger partial charge in [0.1, 0.15) is 10.5 Å². The summed E-state index contributed by atoms with van der Waals surface area (Å²) in [5.41, 5.74) is 6.10. The average Bonchev–Trinajstić information content (AvgIpc) is 3.27. The smallest absolute Gasteiger partial charge is 0.271 e. The monoisotopic (exact) mass is 551 g/mol. The number of ether oxygens (including phenoxy) is 2. The van der Waals surface area contributed by atoms with Crippen LogP contribution in [0.2, 0.25) is 0 Å². The molecule has 38 heavy (non-hydrogen) atoms. The zero-order valence-electron chi connectivity index (χ0n) is 22.6. The van der Waals surface area contributed by atoms with Crippen LogP contribution in [0.3, 0.4) is 0 Å². The van der Waals surface area contributed by atoms with E-state index in [4.69, 9.17) is 15.2 Å². The molecule has 1 atom stereocenters. The molecule has 0 saturated carbocycles. The number of amides is 2. The number of hydrogen-bond acceptors (Lipinski definition) is 9. The maximum Gasteiger partial charge on any atom is 0.271 e. The molecule has 14 heteroatoms. The number of nitrogens with two attached hydrogens (primary N) is 1. The van der Waals surface area contributed by atoms with Crippen molar-refractivity contribution in [1.82, 2.24) is 24.0 Å². The predicted molar refractivity (Wildman–Crippen MR) is 141 cm³/mol. The quantitative estimate of drug-likeness (QED) is 0.394. The van der Waals surface area contributed by atoms with Crippen molar-refractivity contribution in [1.29, 1.82) is 0 Å².